The number of aliphatic hydroxyl groups excluding tert-OH is 1. The second kappa shape index (κ2) is 6.10. The third-order valence-electron chi connectivity index (χ3n) is 3.53. The van der Waals surface area contributed by atoms with Crippen LogP contribution in [0.1, 0.15) is 24.8 Å². The minimum absolute atomic E-state index is 0.0946. The molecule has 0 aromatic heterocycles. The molecule has 1 aromatic carbocycles. The highest BCUT2D eigenvalue weighted by atomic mass is 19.1. The van der Waals surface area contributed by atoms with E-state index in [1.54, 1.807) is 4.90 Å². The number of halogens is 2. The van der Waals surface area contributed by atoms with E-state index in [1.165, 1.54) is 6.07 Å². The summed E-state index contributed by atoms with van der Waals surface area (Å²) in [6.45, 7) is 0.167. The predicted octanol–water partition coefficient (Wildman–Crippen LogP) is 1.88. The zero-order chi connectivity index (χ0) is 13.8. The van der Waals surface area contributed by atoms with Gasteiger partial charge in [0.1, 0.15) is 11.6 Å². The van der Waals surface area contributed by atoms with E-state index >= 15 is 0 Å². The van der Waals surface area contributed by atoms with Crippen molar-refractivity contribution in [2.75, 3.05) is 13.2 Å². The third kappa shape index (κ3) is 3.29. The molecule has 0 saturated heterocycles. The zero-order valence-electron chi connectivity index (χ0n) is 10.6. The summed E-state index contributed by atoms with van der Waals surface area (Å²) in [5.41, 5.74) is 0.189. The van der Waals surface area contributed by atoms with E-state index in [0.29, 0.717) is 0 Å². The maximum absolute atomic E-state index is 13.5. The van der Waals surface area contributed by atoms with Gasteiger partial charge in [-0.3, -0.25) is 4.79 Å². The summed E-state index contributed by atoms with van der Waals surface area (Å²) in [6.07, 6.45) is 2.84. The van der Waals surface area contributed by atoms with Crippen molar-refractivity contribution in [3.8, 4) is 0 Å². The molecule has 0 spiro atoms. The third-order valence-corrected chi connectivity index (χ3v) is 3.53. The number of hydrogen-bond acceptors (Lipinski definition) is 2. The van der Waals surface area contributed by atoms with Crippen LogP contribution in [0.25, 0.3) is 0 Å². The smallest absolute Gasteiger partial charge is 0.227 e. The number of rotatable bonds is 5. The SMILES string of the molecule is O=C(Cc1ccc(F)cc1F)N(CCO)C1CCC1. The van der Waals surface area contributed by atoms with Gasteiger partial charge in [0, 0.05) is 18.7 Å². The van der Waals surface area contributed by atoms with Crippen LogP contribution < -0.4 is 0 Å². The first-order valence-corrected chi connectivity index (χ1v) is 6.46. The maximum Gasteiger partial charge on any atom is 0.227 e. The van der Waals surface area contributed by atoms with Gasteiger partial charge in [-0.2, -0.15) is 0 Å². The van der Waals surface area contributed by atoms with Crippen molar-refractivity contribution < 1.29 is 18.7 Å². The fourth-order valence-corrected chi connectivity index (χ4v) is 2.25. The molecule has 3 nitrogen and oxygen atoms in total. The van der Waals surface area contributed by atoms with Crippen molar-refractivity contribution in [1.29, 1.82) is 0 Å². The van der Waals surface area contributed by atoms with Gasteiger partial charge in [0.2, 0.25) is 5.91 Å². The molecule has 5 heteroatoms. The first-order chi connectivity index (χ1) is 9.11. The molecule has 104 valence electrons. The summed E-state index contributed by atoms with van der Waals surface area (Å²) < 4.78 is 26.3. The van der Waals surface area contributed by atoms with E-state index in [-0.39, 0.29) is 37.1 Å². The first kappa shape index (κ1) is 13.9. The molecule has 1 N–H and O–H groups in total. The van der Waals surface area contributed by atoms with Crippen molar-refractivity contribution in [1.82, 2.24) is 4.90 Å². The van der Waals surface area contributed by atoms with Crippen LogP contribution in [0, 0.1) is 11.6 Å². The molecule has 1 amide bonds. The van der Waals surface area contributed by atoms with Gasteiger partial charge in [0.05, 0.1) is 13.0 Å². The van der Waals surface area contributed by atoms with Crippen LogP contribution in [0.4, 0.5) is 8.78 Å². The van der Waals surface area contributed by atoms with Gasteiger partial charge in [0.25, 0.3) is 0 Å². The monoisotopic (exact) mass is 269 g/mol. The number of amides is 1. The lowest BCUT2D eigenvalue weighted by molar-refractivity contribution is -0.135. The van der Waals surface area contributed by atoms with Crippen LogP contribution in [0.15, 0.2) is 18.2 Å². The minimum Gasteiger partial charge on any atom is -0.395 e. The number of hydrogen-bond donors (Lipinski definition) is 1. The van der Waals surface area contributed by atoms with Gasteiger partial charge in [-0.05, 0) is 30.9 Å². The average Bonchev–Trinajstić information content (AvgIpc) is 2.30. The fraction of sp³-hybridized carbons (Fsp3) is 0.500. The van der Waals surface area contributed by atoms with Gasteiger partial charge in [-0.1, -0.05) is 6.07 Å². The van der Waals surface area contributed by atoms with E-state index in [4.69, 9.17) is 5.11 Å². The number of carbonyl (C=O) groups excluding carboxylic acids is 1. The van der Waals surface area contributed by atoms with Crippen molar-refractivity contribution in [3.05, 3.63) is 35.4 Å². The van der Waals surface area contributed by atoms with Crippen LogP contribution in [-0.4, -0.2) is 35.1 Å². The highest BCUT2D eigenvalue weighted by Gasteiger charge is 2.28. The Morgan fingerprint density at radius 3 is 2.63 bits per heavy atom. The second-order valence-electron chi connectivity index (χ2n) is 4.81. The number of benzene rings is 1. The van der Waals surface area contributed by atoms with E-state index in [1.807, 2.05) is 0 Å². The zero-order valence-corrected chi connectivity index (χ0v) is 10.6. The lowest BCUT2D eigenvalue weighted by atomic mass is 9.91. The van der Waals surface area contributed by atoms with Crippen molar-refractivity contribution in [2.45, 2.75) is 31.7 Å². The average molecular weight is 269 g/mol. The topological polar surface area (TPSA) is 40.5 Å². The Bertz CT molecular complexity index is 461. The standard InChI is InChI=1S/C14H17F2NO2/c15-11-5-4-10(13(16)9-11)8-14(19)17(6-7-18)12-2-1-3-12/h4-5,9,12,18H,1-3,6-8H2. The molecule has 1 aromatic rings. The predicted molar refractivity (Wildman–Crippen MR) is 66.5 cm³/mol. The molecule has 0 atom stereocenters. The van der Waals surface area contributed by atoms with Crippen molar-refractivity contribution >= 4 is 5.91 Å². The van der Waals surface area contributed by atoms with Crippen LogP contribution in [0.2, 0.25) is 0 Å². The summed E-state index contributed by atoms with van der Waals surface area (Å²) in [5.74, 6) is -1.57. The van der Waals surface area contributed by atoms with Gasteiger partial charge in [-0.25, -0.2) is 8.78 Å². The number of carbonyl (C=O) groups is 1. The molecular formula is C14H17F2NO2. The lowest BCUT2D eigenvalue weighted by Crippen LogP contribution is -2.46. The van der Waals surface area contributed by atoms with Crippen LogP contribution in [-0.2, 0) is 11.2 Å². The molecule has 19 heavy (non-hydrogen) atoms. The number of aliphatic hydroxyl groups is 1. The Labute approximate surface area is 110 Å². The summed E-state index contributed by atoms with van der Waals surface area (Å²) in [6, 6.07) is 3.37. The van der Waals surface area contributed by atoms with Gasteiger partial charge < -0.3 is 10.0 Å². The maximum atomic E-state index is 13.5. The van der Waals surface area contributed by atoms with Crippen LogP contribution in [0.5, 0.6) is 0 Å². The Morgan fingerprint density at radius 2 is 2.11 bits per heavy atom. The first-order valence-electron chi connectivity index (χ1n) is 6.46. The molecule has 0 aliphatic heterocycles. The van der Waals surface area contributed by atoms with E-state index in [0.717, 1.165) is 31.4 Å². The molecule has 0 heterocycles. The van der Waals surface area contributed by atoms with E-state index < -0.39 is 11.6 Å². The molecular weight excluding hydrogens is 252 g/mol. The highest BCUT2D eigenvalue weighted by Crippen LogP contribution is 2.25. The Kier molecular flexibility index (Phi) is 4.47. The van der Waals surface area contributed by atoms with Gasteiger partial charge in [-0.15, -0.1) is 0 Å². The molecule has 1 fully saturated rings. The van der Waals surface area contributed by atoms with Crippen LogP contribution in [0.3, 0.4) is 0 Å². The Hall–Kier alpha value is -1.49. The van der Waals surface area contributed by atoms with Gasteiger partial charge in [0.15, 0.2) is 0 Å². The molecule has 0 unspecified atom stereocenters. The Balaban J connectivity index is 2.05. The minimum atomic E-state index is -0.703. The number of nitrogens with zero attached hydrogens (tertiary/aromatic N) is 1. The molecule has 2 rings (SSSR count). The summed E-state index contributed by atoms with van der Waals surface area (Å²) in [4.78, 5) is 13.7. The van der Waals surface area contributed by atoms with E-state index in [9.17, 15) is 13.6 Å². The molecule has 0 bridgehead atoms. The molecule has 1 aliphatic rings. The molecule has 1 saturated carbocycles. The van der Waals surface area contributed by atoms with Gasteiger partial charge >= 0.3 is 0 Å². The van der Waals surface area contributed by atoms with E-state index in [2.05, 4.69) is 0 Å². The van der Waals surface area contributed by atoms with Crippen molar-refractivity contribution in [2.24, 2.45) is 0 Å². The normalized spacial score (nSPS) is 15.1. The quantitative estimate of drug-likeness (QED) is 0.886. The Morgan fingerprint density at radius 1 is 1.37 bits per heavy atom. The highest BCUT2D eigenvalue weighted by molar-refractivity contribution is 5.79. The summed E-state index contributed by atoms with van der Waals surface area (Å²) in [5, 5.41) is 8.99. The molecule has 1 aliphatic carbocycles. The molecule has 0 radical (unpaired) electrons. The second-order valence-corrected chi connectivity index (χ2v) is 4.81. The fourth-order valence-electron chi connectivity index (χ4n) is 2.25. The largest absolute Gasteiger partial charge is 0.395 e. The lowest BCUT2D eigenvalue weighted by Gasteiger charge is -2.37. The van der Waals surface area contributed by atoms with Crippen molar-refractivity contribution in [3.63, 3.8) is 0 Å². The summed E-state index contributed by atoms with van der Waals surface area (Å²) >= 11 is 0. The van der Waals surface area contributed by atoms with Crippen LogP contribution >= 0.6 is 0 Å². The summed E-state index contributed by atoms with van der Waals surface area (Å²) in [7, 11) is 0.